The lowest BCUT2D eigenvalue weighted by Crippen LogP contribution is -2.57. The zero-order valence-electron chi connectivity index (χ0n) is 21.7. The molecule has 38 heavy (non-hydrogen) atoms. The van der Waals surface area contributed by atoms with Crippen LogP contribution in [-0.2, 0) is 6.54 Å². The normalized spacial score (nSPS) is 16.1. The van der Waals surface area contributed by atoms with Crippen molar-refractivity contribution in [2.24, 2.45) is 4.99 Å². The summed E-state index contributed by atoms with van der Waals surface area (Å²) in [6.07, 6.45) is 0. The molecule has 1 saturated heterocycles. The summed E-state index contributed by atoms with van der Waals surface area (Å²) < 4.78 is 10.8. The number of carbonyl (C=O) groups excluding carboxylic acids is 1. The summed E-state index contributed by atoms with van der Waals surface area (Å²) in [7, 11) is 3.05. The highest BCUT2D eigenvalue weighted by molar-refractivity contribution is 6.41. The first-order valence-corrected chi connectivity index (χ1v) is 13.0. The summed E-state index contributed by atoms with van der Waals surface area (Å²) in [5.41, 5.74) is 4.25. The third-order valence-corrected chi connectivity index (χ3v) is 7.49. The summed E-state index contributed by atoms with van der Waals surface area (Å²) in [4.78, 5) is 24.6. The molecule has 3 aromatic rings. The molecule has 0 atom stereocenters. The molecule has 10 heteroatoms. The Hall–Kier alpha value is -3.33. The van der Waals surface area contributed by atoms with Gasteiger partial charge in [-0.05, 0) is 50.2 Å². The fourth-order valence-corrected chi connectivity index (χ4v) is 5.49. The van der Waals surface area contributed by atoms with E-state index in [1.54, 1.807) is 12.1 Å². The Balaban J connectivity index is 1.33. The third-order valence-electron chi connectivity index (χ3n) is 6.74. The second-order valence-electron chi connectivity index (χ2n) is 9.87. The van der Waals surface area contributed by atoms with E-state index in [9.17, 15) is 4.79 Å². The van der Waals surface area contributed by atoms with E-state index in [0.29, 0.717) is 56.4 Å². The summed E-state index contributed by atoms with van der Waals surface area (Å²) >= 11 is 13.1. The van der Waals surface area contributed by atoms with Crippen molar-refractivity contribution in [1.82, 2.24) is 15.6 Å². The second-order valence-corrected chi connectivity index (χ2v) is 10.6. The fourth-order valence-electron chi connectivity index (χ4n) is 4.80. The number of benzene rings is 2. The van der Waals surface area contributed by atoms with Gasteiger partial charge in [-0.25, -0.2) is 4.98 Å². The molecular weight excluding hydrogens is 525 g/mol. The molecule has 0 bridgehead atoms. The van der Waals surface area contributed by atoms with Crippen molar-refractivity contribution in [2.75, 3.05) is 38.8 Å². The Bertz CT molecular complexity index is 1390. The highest BCUT2D eigenvalue weighted by atomic mass is 35.5. The predicted octanol–water partition coefficient (Wildman–Crippen LogP) is 4.95. The molecule has 2 N–H and O–H groups in total. The van der Waals surface area contributed by atoms with Gasteiger partial charge in [0.05, 0.1) is 42.2 Å². The summed E-state index contributed by atoms with van der Waals surface area (Å²) in [6, 6.07) is 13.0. The fraction of sp³-hybridized carbons (Fsp3) is 0.321. The Morgan fingerprint density at radius 2 is 1.74 bits per heavy atom. The van der Waals surface area contributed by atoms with Crippen molar-refractivity contribution in [3.8, 4) is 22.8 Å². The lowest BCUT2D eigenvalue weighted by atomic mass is 10.0. The van der Waals surface area contributed by atoms with E-state index in [0.717, 1.165) is 30.9 Å². The number of methoxy groups -OCH3 is 2. The summed E-state index contributed by atoms with van der Waals surface area (Å²) in [6.45, 7) is 7.46. The second kappa shape index (κ2) is 10.4. The van der Waals surface area contributed by atoms with E-state index < -0.39 is 0 Å². The van der Waals surface area contributed by atoms with Gasteiger partial charge < -0.3 is 25.0 Å². The van der Waals surface area contributed by atoms with Gasteiger partial charge in [0.2, 0.25) is 0 Å². The predicted molar refractivity (Wildman–Crippen MR) is 151 cm³/mol. The number of nitrogens with one attached hydrogen (secondary N) is 2. The van der Waals surface area contributed by atoms with Crippen LogP contribution in [0, 0.1) is 0 Å². The van der Waals surface area contributed by atoms with Crippen molar-refractivity contribution in [2.45, 2.75) is 25.9 Å². The minimum Gasteiger partial charge on any atom is -0.495 e. The molecule has 1 amide bonds. The first-order valence-electron chi connectivity index (χ1n) is 12.3. The SMILES string of the molecule is COc1cc(OC)c(Cl)c(-c2ccc3c(n2)CN=C3NC(=O)c2ccc(N3CCNC(C)(C)C3)cc2)c1Cl. The van der Waals surface area contributed by atoms with Crippen LogP contribution in [0.4, 0.5) is 5.69 Å². The largest absolute Gasteiger partial charge is 0.495 e. The van der Waals surface area contributed by atoms with Crippen molar-refractivity contribution < 1.29 is 14.3 Å². The lowest BCUT2D eigenvalue weighted by molar-refractivity contribution is 0.0977. The Morgan fingerprint density at radius 1 is 1.05 bits per heavy atom. The van der Waals surface area contributed by atoms with E-state index in [-0.39, 0.29) is 11.4 Å². The number of piperazine rings is 1. The molecule has 0 radical (unpaired) electrons. The maximum absolute atomic E-state index is 13.0. The molecule has 8 nitrogen and oxygen atoms in total. The Morgan fingerprint density at radius 3 is 2.37 bits per heavy atom. The van der Waals surface area contributed by atoms with Gasteiger partial charge in [0.1, 0.15) is 17.3 Å². The molecule has 198 valence electrons. The molecular formula is C28H29Cl2N5O3. The molecule has 0 saturated carbocycles. The van der Waals surface area contributed by atoms with E-state index in [1.807, 2.05) is 30.3 Å². The number of nitrogens with zero attached hydrogens (tertiary/aromatic N) is 3. The Kier molecular flexibility index (Phi) is 7.22. The van der Waals surface area contributed by atoms with Gasteiger partial charge in [-0.3, -0.25) is 9.79 Å². The number of hydrogen-bond donors (Lipinski definition) is 2. The van der Waals surface area contributed by atoms with Crippen LogP contribution in [-0.4, -0.2) is 56.1 Å². The van der Waals surface area contributed by atoms with Crippen LogP contribution in [0.25, 0.3) is 11.3 Å². The molecule has 2 aliphatic heterocycles. The number of aliphatic imine (C=N–C) groups is 1. The molecule has 5 rings (SSSR count). The van der Waals surface area contributed by atoms with Crippen molar-refractivity contribution in [1.29, 1.82) is 0 Å². The van der Waals surface area contributed by atoms with E-state index in [4.69, 9.17) is 37.7 Å². The molecule has 0 aliphatic carbocycles. The molecule has 1 fully saturated rings. The first-order chi connectivity index (χ1) is 18.2. The van der Waals surface area contributed by atoms with Crippen LogP contribution >= 0.6 is 23.2 Å². The van der Waals surface area contributed by atoms with Crippen LogP contribution < -0.4 is 25.0 Å². The summed E-state index contributed by atoms with van der Waals surface area (Å²) in [5, 5.41) is 7.13. The van der Waals surface area contributed by atoms with Crippen LogP contribution in [0.2, 0.25) is 10.0 Å². The van der Waals surface area contributed by atoms with Gasteiger partial charge in [0.25, 0.3) is 5.91 Å². The number of aromatic nitrogens is 1. The number of hydrogen-bond acceptors (Lipinski definition) is 7. The molecule has 3 heterocycles. The highest BCUT2D eigenvalue weighted by Crippen LogP contribution is 2.45. The number of rotatable bonds is 5. The van der Waals surface area contributed by atoms with Gasteiger partial charge in [-0.1, -0.05) is 23.2 Å². The maximum atomic E-state index is 13.0. The van der Waals surface area contributed by atoms with E-state index in [2.05, 4.69) is 34.4 Å². The van der Waals surface area contributed by atoms with Crippen LogP contribution in [0.3, 0.4) is 0 Å². The number of fused-ring (bicyclic) bond motifs is 1. The van der Waals surface area contributed by atoms with Gasteiger partial charge in [-0.15, -0.1) is 0 Å². The number of pyridine rings is 1. The van der Waals surface area contributed by atoms with Crippen LogP contribution in [0.15, 0.2) is 47.5 Å². The number of amides is 1. The number of anilines is 1. The van der Waals surface area contributed by atoms with Gasteiger partial charge in [0.15, 0.2) is 0 Å². The molecule has 2 aliphatic rings. The van der Waals surface area contributed by atoms with Crippen molar-refractivity contribution in [3.05, 3.63) is 69.3 Å². The van der Waals surface area contributed by atoms with Crippen LogP contribution in [0.5, 0.6) is 11.5 Å². The van der Waals surface area contributed by atoms with E-state index >= 15 is 0 Å². The molecule has 2 aromatic carbocycles. The summed E-state index contributed by atoms with van der Waals surface area (Å²) in [5.74, 6) is 1.12. The number of halogens is 2. The van der Waals surface area contributed by atoms with Gasteiger partial charge in [-0.2, -0.15) is 0 Å². The minimum atomic E-state index is -0.225. The van der Waals surface area contributed by atoms with E-state index in [1.165, 1.54) is 14.2 Å². The number of amidine groups is 1. The van der Waals surface area contributed by atoms with Crippen molar-refractivity contribution in [3.63, 3.8) is 0 Å². The first kappa shape index (κ1) is 26.3. The van der Waals surface area contributed by atoms with Crippen molar-refractivity contribution >= 4 is 40.6 Å². The highest BCUT2D eigenvalue weighted by Gasteiger charge is 2.27. The Labute approximate surface area is 232 Å². The standard InChI is InChI=1S/C28H29Cl2N5O3/c1-28(2)15-35(12-11-32-28)17-7-5-16(6-8-17)27(36)34-26-18-9-10-19(33-20(18)14-31-26)23-24(29)21(37-3)13-22(38-4)25(23)30/h5-10,13,32H,11-12,14-15H2,1-4H3,(H,31,34,36). The molecule has 0 spiro atoms. The average molecular weight is 554 g/mol. The smallest absolute Gasteiger partial charge is 0.256 e. The maximum Gasteiger partial charge on any atom is 0.256 e. The molecule has 0 unspecified atom stereocenters. The van der Waals surface area contributed by atoms with Crippen LogP contribution in [0.1, 0.15) is 35.5 Å². The number of carbonyl (C=O) groups is 1. The lowest BCUT2D eigenvalue weighted by Gasteiger charge is -2.40. The minimum absolute atomic E-state index is 0.0471. The quantitative estimate of drug-likeness (QED) is 0.464. The average Bonchev–Trinajstić information content (AvgIpc) is 3.30. The van der Waals surface area contributed by atoms with Gasteiger partial charge in [0, 0.05) is 53.6 Å². The third kappa shape index (κ3) is 5.04. The number of ether oxygens (including phenoxy) is 2. The zero-order valence-corrected chi connectivity index (χ0v) is 23.2. The monoisotopic (exact) mass is 553 g/mol. The molecule has 1 aromatic heterocycles. The zero-order chi connectivity index (χ0) is 27.0. The van der Waals surface area contributed by atoms with Gasteiger partial charge >= 0.3 is 0 Å². The topological polar surface area (TPSA) is 88.1 Å².